The zero-order valence-electron chi connectivity index (χ0n) is 21.4. The Bertz CT molecular complexity index is 784. The van der Waals surface area contributed by atoms with Crippen molar-refractivity contribution in [2.75, 3.05) is 92.4 Å². The predicted octanol–water partition coefficient (Wildman–Crippen LogP) is 2.21. The minimum Gasteiger partial charge on any atom is -0.491 e. The number of rotatable bonds is 23. The monoisotopic (exact) mass is 528 g/mol. The third-order valence-corrected chi connectivity index (χ3v) is 4.15. The van der Waals surface area contributed by atoms with Crippen LogP contribution in [0, 0.1) is 0 Å². The molecule has 208 valence electrons. The molecule has 0 aliphatic carbocycles. The van der Waals surface area contributed by atoms with Gasteiger partial charge in [0.15, 0.2) is 11.4 Å². The number of aromatic nitrogens is 1. The van der Waals surface area contributed by atoms with Crippen LogP contribution in [0.15, 0.2) is 17.2 Å². The normalized spacial score (nSPS) is 10.5. The van der Waals surface area contributed by atoms with Gasteiger partial charge >= 0.3 is 11.9 Å². The Morgan fingerprint density at radius 3 is 1.54 bits per heavy atom. The van der Waals surface area contributed by atoms with Gasteiger partial charge in [-0.25, -0.2) is 14.6 Å². The van der Waals surface area contributed by atoms with Crippen LogP contribution in [0.25, 0.3) is 10.4 Å². The molecule has 0 radical (unpaired) electrons. The molecule has 0 aromatic carbocycles. The summed E-state index contributed by atoms with van der Waals surface area (Å²) in [5.41, 5.74) is 8.04. The summed E-state index contributed by atoms with van der Waals surface area (Å²) in [7, 11) is 0. The van der Waals surface area contributed by atoms with Gasteiger partial charge in [0.05, 0.1) is 79.3 Å². The van der Waals surface area contributed by atoms with Gasteiger partial charge in [0.2, 0.25) is 0 Å². The molecule has 0 saturated heterocycles. The lowest BCUT2D eigenvalue weighted by Gasteiger charge is -2.11. The van der Waals surface area contributed by atoms with Crippen LogP contribution >= 0.6 is 0 Å². The number of nitrogens with zero attached hydrogens (tertiary/aromatic N) is 4. The number of carbonyl (C=O) groups excluding carboxylic acids is 2. The van der Waals surface area contributed by atoms with Gasteiger partial charge in [0.1, 0.15) is 12.4 Å². The number of ether oxygens (including phenoxy) is 8. The van der Waals surface area contributed by atoms with Crippen LogP contribution in [0.3, 0.4) is 0 Å². The molecule has 0 aliphatic rings. The van der Waals surface area contributed by atoms with Crippen molar-refractivity contribution in [2.24, 2.45) is 5.11 Å². The Labute approximate surface area is 216 Å². The predicted molar refractivity (Wildman–Crippen MR) is 130 cm³/mol. The van der Waals surface area contributed by atoms with E-state index in [1.165, 1.54) is 12.1 Å². The van der Waals surface area contributed by atoms with Crippen LogP contribution in [-0.4, -0.2) is 109 Å². The lowest BCUT2D eigenvalue weighted by atomic mass is 10.2. The summed E-state index contributed by atoms with van der Waals surface area (Å²) >= 11 is 0. The Kier molecular flexibility index (Phi) is 19.2. The van der Waals surface area contributed by atoms with Crippen LogP contribution in [0.2, 0.25) is 0 Å². The van der Waals surface area contributed by atoms with Gasteiger partial charge in [-0.2, -0.15) is 0 Å². The molecule has 0 atom stereocenters. The van der Waals surface area contributed by atoms with Crippen molar-refractivity contribution in [3.05, 3.63) is 34.0 Å². The quantitative estimate of drug-likeness (QED) is 0.0670. The summed E-state index contributed by atoms with van der Waals surface area (Å²) in [6.07, 6.45) is 0. The first-order valence-corrected chi connectivity index (χ1v) is 12.0. The minimum atomic E-state index is -0.659. The molecule has 14 heteroatoms. The number of hydrogen-bond acceptors (Lipinski definition) is 12. The van der Waals surface area contributed by atoms with Gasteiger partial charge in [-0.1, -0.05) is 5.11 Å². The molecule has 14 nitrogen and oxygen atoms in total. The summed E-state index contributed by atoms with van der Waals surface area (Å²) in [5, 5.41) is 3.36. The second kappa shape index (κ2) is 22.2. The molecule has 1 aromatic rings. The zero-order chi connectivity index (χ0) is 27.0. The van der Waals surface area contributed by atoms with E-state index in [1.807, 2.05) is 0 Å². The van der Waals surface area contributed by atoms with Crippen LogP contribution in [-0.2, 0) is 33.2 Å². The van der Waals surface area contributed by atoms with E-state index in [4.69, 9.17) is 43.4 Å². The van der Waals surface area contributed by atoms with Crippen molar-refractivity contribution in [2.45, 2.75) is 13.8 Å². The highest BCUT2D eigenvalue weighted by Gasteiger charge is 2.17. The number of hydrogen-bond donors (Lipinski definition) is 0. The van der Waals surface area contributed by atoms with Crippen LogP contribution < -0.4 is 4.74 Å². The average Bonchev–Trinajstić information content (AvgIpc) is 2.90. The number of carbonyl (C=O) groups is 2. The minimum absolute atomic E-state index is 0.0431. The lowest BCUT2D eigenvalue weighted by molar-refractivity contribution is -0.0122. The van der Waals surface area contributed by atoms with E-state index in [0.717, 1.165) is 0 Å². The van der Waals surface area contributed by atoms with Crippen LogP contribution in [0.4, 0.5) is 0 Å². The van der Waals surface area contributed by atoms with Crippen molar-refractivity contribution in [1.29, 1.82) is 0 Å². The third-order valence-electron chi connectivity index (χ3n) is 4.15. The smallest absolute Gasteiger partial charge is 0.357 e. The first kappa shape index (κ1) is 32.0. The molecule has 37 heavy (non-hydrogen) atoms. The number of azide groups is 1. The van der Waals surface area contributed by atoms with Gasteiger partial charge < -0.3 is 37.9 Å². The van der Waals surface area contributed by atoms with E-state index in [1.54, 1.807) is 13.8 Å². The fourth-order valence-corrected chi connectivity index (χ4v) is 2.56. The van der Waals surface area contributed by atoms with E-state index in [9.17, 15) is 9.59 Å². The summed E-state index contributed by atoms with van der Waals surface area (Å²) in [6.45, 7) is 8.23. The summed E-state index contributed by atoms with van der Waals surface area (Å²) in [4.78, 5) is 30.7. The van der Waals surface area contributed by atoms with Crippen molar-refractivity contribution in [3.8, 4) is 5.75 Å². The molecule has 1 heterocycles. The highest BCUT2D eigenvalue weighted by atomic mass is 16.6. The van der Waals surface area contributed by atoms with E-state index in [-0.39, 0.29) is 43.6 Å². The maximum atomic E-state index is 12.0. The standard InChI is InChI=1S/C23H36N4O10/c1-3-35-22(28)20-17-19(18-21(26-20)23(29)36-4-2)37-16-15-34-14-13-33-12-11-32-10-9-31-8-7-30-6-5-25-27-24/h17-18H,3-16H2,1-2H3. The molecule has 0 amide bonds. The van der Waals surface area contributed by atoms with Gasteiger partial charge in [-0.15, -0.1) is 0 Å². The highest BCUT2D eigenvalue weighted by molar-refractivity contribution is 5.92. The van der Waals surface area contributed by atoms with Crippen LogP contribution in [0.5, 0.6) is 5.75 Å². The molecule has 1 aromatic heterocycles. The molecule has 1 rings (SSSR count). The molecular weight excluding hydrogens is 492 g/mol. The van der Waals surface area contributed by atoms with Crippen molar-refractivity contribution in [3.63, 3.8) is 0 Å². The average molecular weight is 529 g/mol. The molecule has 0 fully saturated rings. The summed E-state index contributed by atoms with van der Waals surface area (Å²) in [5.74, 6) is -1.04. The molecule has 0 unspecified atom stereocenters. The summed E-state index contributed by atoms with van der Waals surface area (Å²) in [6, 6.07) is 2.80. The van der Waals surface area contributed by atoms with Crippen LogP contribution in [0.1, 0.15) is 34.8 Å². The largest absolute Gasteiger partial charge is 0.491 e. The fraction of sp³-hybridized carbons (Fsp3) is 0.696. The van der Waals surface area contributed by atoms with E-state index in [0.29, 0.717) is 66.0 Å². The second-order valence-corrected chi connectivity index (χ2v) is 6.88. The van der Waals surface area contributed by atoms with Crippen molar-refractivity contribution >= 4 is 11.9 Å². The fourth-order valence-electron chi connectivity index (χ4n) is 2.56. The third kappa shape index (κ3) is 16.4. The first-order valence-electron chi connectivity index (χ1n) is 12.0. The lowest BCUT2D eigenvalue weighted by Crippen LogP contribution is -2.15. The van der Waals surface area contributed by atoms with Gasteiger partial charge in [0.25, 0.3) is 0 Å². The summed E-state index contributed by atoms with van der Waals surface area (Å²) < 4.78 is 42.3. The maximum absolute atomic E-state index is 12.0. The van der Waals surface area contributed by atoms with Gasteiger partial charge in [-0.05, 0) is 19.4 Å². The topological polar surface area (TPSA) is 170 Å². The Balaban J connectivity index is 2.09. The van der Waals surface area contributed by atoms with E-state index < -0.39 is 11.9 Å². The van der Waals surface area contributed by atoms with Gasteiger partial charge in [0, 0.05) is 23.6 Å². The van der Waals surface area contributed by atoms with Gasteiger partial charge in [-0.3, -0.25) is 0 Å². The SMILES string of the molecule is CCOC(=O)c1cc(OCCOCCOCCOCCOCCOCCN=[N+]=[N-])cc(C(=O)OCC)n1. The molecule has 0 spiro atoms. The van der Waals surface area contributed by atoms with Crippen molar-refractivity contribution in [1.82, 2.24) is 4.98 Å². The molecule has 0 saturated carbocycles. The molecule has 0 N–H and O–H groups in total. The van der Waals surface area contributed by atoms with E-state index >= 15 is 0 Å². The van der Waals surface area contributed by atoms with Crippen molar-refractivity contribution < 1.29 is 47.5 Å². The Morgan fingerprint density at radius 2 is 1.14 bits per heavy atom. The second-order valence-electron chi connectivity index (χ2n) is 6.88. The highest BCUT2D eigenvalue weighted by Crippen LogP contribution is 2.16. The molecule has 0 bridgehead atoms. The molecule has 0 aliphatic heterocycles. The Hall–Kier alpha value is -3.00. The van der Waals surface area contributed by atoms with E-state index in [2.05, 4.69) is 15.0 Å². The number of pyridine rings is 1. The zero-order valence-corrected chi connectivity index (χ0v) is 21.4. The maximum Gasteiger partial charge on any atom is 0.357 e. The number of esters is 2. The first-order chi connectivity index (χ1) is 18.1. The Morgan fingerprint density at radius 1 is 0.730 bits per heavy atom. The molecular formula is C23H36N4O10.